The summed E-state index contributed by atoms with van der Waals surface area (Å²) in [6, 6.07) is 1.59. The van der Waals surface area contributed by atoms with Crippen molar-refractivity contribution in [3.05, 3.63) is 23.0 Å². The Labute approximate surface area is 78.8 Å². The minimum Gasteiger partial charge on any atom is -0.476 e. The molecule has 0 saturated heterocycles. The summed E-state index contributed by atoms with van der Waals surface area (Å²) in [5.41, 5.74) is 0.0481. The van der Waals surface area contributed by atoms with E-state index in [-0.39, 0.29) is 5.69 Å². The Morgan fingerprint density at radius 1 is 1.75 bits per heavy atom. The number of aromatic carboxylic acids is 1. The molecule has 1 heterocycles. The van der Waals surface area contributed by atoms with Crippen LogP contribution >= 0.6 is 23.4 Å². The first-order valence-electron chi connectivity index (χ1n) is 3.08. The molecule has 0 amide bonds. The molecule has 3 nitrogen and oxygen atoms in total. The van der Waals surface area contributed by atoms with E-state index in [1.165, 1.54) is 18.0 Å². The van der Waals surface area contributed by atoms with Crippen molar-refractivity contribution in [1.82, 2.24) is 4.98 Å². The molecule has 0 aliphatic rings. The summed E-state index contributed by atoms with van der Waals surface area (Å²) < 4.78 is 0. The molecule has 0 saturated carbocycles. The number of carboxylic acids is 1. The molecule has 0 radical (unpaired) electrons. The van der Waals surface area contributed by atoms with E-state index in [1.807, 2.05) is 0 Å². The van der Waals surface area contributed by atoms with Gasteiger partial charge in [0.15, 0.2) is 5.69 Å². The molecule has 0 aliphatic carbocycles. The smallest absolute Gasteiger partial charge is 0.355 e. The maximum atomic E-state index is 10.6. The van der Waals surface area contributed by atoms with Gasteiger partial charge in [-0.25, -0.2) is 9.78 Å². The summed E-state index contributed by atoms with van der Waals surface area (Å²) in [6.45, 7) is 0. The third-order valence-electron chi connectivity index (χ3n) is 1.24. The molecule has 64 valence electrons. The summed E-state index contributed by atoms with van der Waals surface area (Å²) in [5, 5.41) is 9.12. The Hall–Kier alpha value is -0.740. The quantitative estimate of drug-likeness (QED) is 0.749. The fourth-order valence-electron chi connectivity index (χ4n) is 0.737. The zero-order valence-electron chi connectivity index (χ0n) is 6.24. The van der Waals surface area contributed by atoms with Gasteiger partial charge in [-0.15, -0.1) is 11.8 Å². The zero-order chi connectivity index (χ0) is 9.14. The van der Waals surface area contributed by atoms with Crippen LogP contribution in [0.5, 0.6) is 0 Å². The van der Waals surface area contributed by atoms with E-state index in [0.29, 0.717) is 9.92 Å². The average Bonchev–Trinajstić information content (AvgIpc) is 2.03. The van der Waals surface area contributed by atoms with E-state index in [1.54, 1.807) is 12.3 Å². The van der Waals surface area contributed by atoms with Crippen molar-refractivity contribution in [1.29, 1.82) is 0 Å². The number of aromatic nitrogens is 1. The second-order valence-electron chi connectivity index (χ2n) is 2.01. The van der Waals surface area contributed by atoms with E-state index < -0.39 is 5.97 Å². The molecule has 0 aliphatic heterocycles. The fraction of sp³-hybridized carbons (Fsp3) is 0.143. The van der Waals surface area contributed by atoms with Gasteiger partial charge in [-0.2, -0.15) is 0 Å². The highest BCUT2D eigenvalue weighted by atomic mass is 35.5. The lowest BCUT2D eigenvalue weighted by molar-refractivity contribution is 0.0686. The molecule has 0 atom stereocenters. The molecule has 0 unspecified atom stereocenters. The second-order valence-corrected chi connectivity index (χ2v) is 3.29. The Kier molecular flexibility index (Phi) is 2.94. The van der Waals surface area contributed by atoms with Gasteiger partial charge in [0, 0.05) is 11.1 Å². The number of nitrogens with zero attached hydrogens (tertiary/aromatic N) is 1. The standard InChI is InChI=1S/C7H6ClNO2S/c1-12-5-2-4(8)3-9-6(5)7(10)11/h2-3H,1H3,(H,10,11). The number of carboxylic acid groups (broad SMARTS) is 1. The molecule has 1 aromatic heterocycles. The van der Waals surface area contributed by atoms with Gasteiger partial charge in [0.1, 0.15) is 0 Å². The van der Waals surface area contributed by atoms with Gasteiger partial charge in [0.2, 0.25) is 0 Å². The van der Waals surface area contributed by atoms with Gasteiger partial charge in [-0.05, 0) is 12.3 Å². The lowest BCUT2D eigenvalue weighted by Crippen LogP contribution is -2.01. The van der Waals surface area contributed by atoms with Crippen LogP contribution in [-0.4, -0.2) is 22.3 Å². The lowest BCUT2D eigenvalue weighted by atomic mass is 10.3. The summed E-state index contributed by atoms with van der Waals surface area (Å²) in [4.78, 5) is 14.8. The number of hydrogen-bond acceptors (Lipinski definition) is 3. The van der Waals surface area contributed by atoms with Crippen LogP contribution in [0, 0.1) is 0 Å². The van der Waals surface area contributed by atoms with E-state index in [2.05, 4.69) is 4.98 Å². The van der Waals surface area contributed by atoms with Gasteiger partial charge >= 0.3 is 5.97 Å². The van der Waals surface area contributed by atoms with Crippen molar-refractivity contribution in [3.8, 4) is 0 Å². The normalized spacial score (nSPS) is 9.83. The Morgan fingerprint density at radius 2 is 2.42 bits per heavy atom. The van der Waals surface area contributed by atoms with Crippen LogP contribution in [0.15, 0.2) is 17.2 Å². The average molecular weight is 204 g/mol. The predicted octanol–water partition coefficient (Wildman–Crippen LogP) is 2.16. The van der Waals surface area contributed by atoms with Crippen LogP contribution in [0.1, 0.15) is 10.5 Å². The Morgan fingerprint density at radius 3 is 2.92 bits per heavy atom. The predicted molar refractivity (Wildman–Crippen MR) is 48.0 cm³/mol. The van der Waals surface area contributed by atoms with Crippen molar-refractivity contribution in [3.63, 3.8) is 0 Å². The van der Waals surface area contributed by atoms with Crippen LogP contribution in [0.2, 0.25) is 5.02 Å². The van der Waals surface area contributed by atoms with Crippen LogP contribution in [0.25, 0.3) is 0 Å². The van der Waals surface area contributed by atoms with Crippen LogP contribution in [-0.2, 0) is 0 Å². The first kappa shape index (κ1) is 9.35. The van der Waals surface area contributed by atoms with E-state index in [0.717, 1.165) is 0 Å². The molecule has 0 aromatic carbocycles. The maximum Gasteiger partial charge on any atom is 0.355 e. The minimum absolute atomic E-state index is 0.0481. The van der Waals surface area contributed by atoms with Crippen molar-refractivity contribution in [2.24, 2.45) is 0 Å². The number of halogens is 1. The maximum absolute atomic E-state index is 10.6. The third-order valence-corrected chi connectivity index (χ3v) is 2.20. The molecule has 1 aromatic rings. The van der Waals surface area contributed by atoms with Crippen LogP contribution in [0.3, 0.4) is 0 Å². The molecule has 12 heavy (non-hydrogen) atoms. The molecule has 1 rings (SSSR count). The van der Waals surface area contributed by atoms with Crippen LogP contribution < -0.4 is 0 Å². The number of hydrogen-bond donors (Lipinski definition) is 1. The number of pyridine rings is 1. The van der Waals surface area contributed by atoms with Crippen molar-refractivity contribution in [2.75, 3.05) is 6.26 Å². The number of carbonyl (C=O) groups is 1. The van der Waals surface area contributed by atoms with E-state index in [9.17, 15) is 4.79 Å². The molecule has 1 N–H and O–H groups in total. The van der Waals surface area contributed by atoms with Gasteiger partial charge < -0.3 is 5.11 Å². The Balaban J connectivity index is 3.20. The van der Waals surface area contributed by atoms with E-state index >= 15 is 0 Å². The SMILES string of the molecule is CSc1cc(Cl)cnc1C(=O)O. The topological polar surface area (TPSA) is 50.2 Å². The third kappa shape index (κ3) is 1.89. The van der Waals surface area contributed by atoms with Crippen molar-refractivity contribution in [2.45, 2.75) is 4.90 Å². The van der Waals surface area contributed by atoms with Crippen molar-refractivity contribution >= 4 is 29.3 Å². The van der Waals surface area contributed by atoms with Gasteiger partial charge in [-0.1, -0.05) is 11.6 Å². The minimum atomic E-state index is -1.03. The monoisotopic (exact) mass is 203 g/mol. The first-order valence-corrected chi connectivity index (χ1v) is 4.68. The van der Waals surface area contributed by atoms with Crippen molar-refractivity contribution < 1.29 is 9.90 Å². The molecule has 0 bridgehead atoms. The van der Waals surface area contributed by atoms with Crippen LogP contribution in [0.4, 0.5) is 0 Å². The highest BCUT2D eigenvalue weighted by Crippen LogP contribution is 2.21. The summed E-state index contributed by atoms with van der Waals surface area (Å²) in [6.07, 6.45) is 3.10. The summed E-state index contributed by atoms with van der Waals surface area (Å²) in [7, 11) is 0. The largest absolute Gasteiger partial charge is 0.476 e. The number of thioether (sulfide) groups is 1. The van der Waals surface area contributed by atoms with E-state index in [4.69, 9.17) is 16.7 Å². The van der Waals surface area contributed by atoms with Gasteiger partial charge in [0.25, 0.3) is 0 Å². The fourth-order valence-corrected chi connectivity index (χ4v) is 1.54. The van der Waals surface area contributed by atoms with Gasteiger partial charge in [0.05, 0.1) is 5.02 Å². The first-order chi connectivity index (χ1) is 5.65. The Bertz CT molecular complexity index is 316. The molecular formula is C7H6ClNO2S. The second kappa shape index (κ2) is 3.78. The molecular weight excluding hydrogens is 198 g/mol. The molecule has 0 fully saturated rings. The number of rotatable bonds is 2. The summed E-state index contributed by atoms with van der Waals surface area (Å²) in [5.74, 6) is -1.03. The zero-order valence-corrected chi connectivity index (χ0v) is 7.82. The lowest BCUT2D eigenvalue weighted by Gasteiger charge is -2.00. The molecule has 0 spiro atoms. The van der Waals surface area contributed by atoms with Gasteiger partial charge in [-0.3, -0.25) is 0 Å². The summed E-state index contributed by atoms with van der Waals surface area (Å²) >= 11 is 6.94. The highest BCUT2D eigenvalue weighted by molar-refractivity contribution is 7.98. The highest BCUT2D eigenvalue weighted by Gasteiger charge is 2.10. The molecule has 5 heteroatoms.